The summed E-state index contributed by atoms with van der Waals surface area (Å²) in [5, 5.41) is 0. The van der Waals surface area contributed by atoms with Crippen molar-refractivity contribution in [3.05, 3.63) is 47.0 Å². The monoisotopic (exact) mass is 343 g/mol. The lowest BCUT2D eigenvalue weighted by molar-refractivity contribution is 0.0380. The van der Waals surface area contributed by atoms with Crippen molar-refractivity contribution in [1.82, 2.24) is 13.9 Å². The van der Waals surface area contributed by atoms with Crippen molar-refractivity contribution in [1.29, 1.82) is 0 Å². The Morgan fingerprint density at radius 3 is 3.00 bits per heavy atom. The van der Waals surface area contributed by atoms with E-state index >= 15 is 0 Å². The molecule has 7 heteroatoms. The van der Waals surface area contributed by atoms with Crippen LogP contribution in [-0.2, 0) is 16.0 Å². The molecule has 2 aromatic heterocycles. The minimum Gasteiger partial charge on any atom is -0.379 e. The fourth-order valence-corrected chi connectivity index (χ4v) is 3.57. The largest absolute Gasteiger partial charge is 0.379 e. The van der Waals surface area contributed by atoms with Crippen LogP contribution in [0.1, 0.15) is 6.42 Å². The van der Waals surface area contributed by atoms with Gasteiger partial charge in [-0.1, -0.05) is 30.3 Å². The predicted molar refractivity (Wildman–Crippen MR) is 92.3 cm³/mol. The lowest BCUT2D eigenvalue weighted by Crippen LogP contribution is -2.24. The zero-order valence-corrected chi connectivity index (χ0v) is 13.9. The van der Waals surface area contributed by atoms with Crippen LogP contribution in [-0.4, -0.2) is 39.8 Å². The first kappa shape index (κ1) is 15.4. The van der Waals surface area contributed by atoms with Crippen LogP contribution < -0.4 is 5.56 Å². The molecule has 1 aliphatic rings. The summed E-state index contributed by atoms with van der Waals surface area (Å²) in [4.78, 5) is 17.1. The average molecular weight is 343 g/mol. The first-order chi connectivity index (χ1) is 11.8. The number of aromatic nitrogens is 3. The summed E-state index contributed by atoms with van der Waals surface area (Å²) in [7, 11) is 0. The lowest BCUT2D eigenvalue weighted by atomic mass is 10.1. The van der Waals surface area contributed by atoms with Crippen molar-refractivity contribution in [3.8, 4) is 11.3 Å². The van der Waals surface area contributed by atoms with Crippen molar-refractivity contribution in [2.24, 2.45) is 0 Å². The molecule has 1 fully saturated rings. The highest BCUT2D eigenvalue weighted by Gasteiger charge is 2.17. The molecule has 4 rings (SSSR count). The number of nitrogens with zero attached hydrogens (tertiary/aromatic N) is 3. The van der Waals surface area contributed by atoms with E-state index in [1.54, 1.807) is 10.9 Å². The summed E-state index contributed by atoms with van der Waals surface area (Å²) in [6.45, 7) is 2.35. The van der Waals surface area contributed by atoms with Crippen LogP contribution in [0, 0.1) is 0 Å². The van der Waals surface area contributed by atoms with Gasteiger partial charge in [-0.2, -0.15) is 4.37 Å². The van der Waals surface area contributed by atoms with Crippen LogP contribution in [0.3, 0.4) is 0 Å². The van der Waals surface area contributed by atoms with E-state index in [9.17, 15) is 4.79 Å². The minimum absolute atomic E-state index is 0.0639. The third-order valence-electron chi connectivity index (χ3n) is 4.07. The van der Waals surface area contributed by atoms with Crippen molar-refractivity contribution >= 4 is 21.7 Å². The van der Waals surface area contributed by atoms with Gasteiger partial charge in [0, 0.05) is 12.2 Å². The number of fused-ring (bicyclic) bond motifs is 1. The normalized spacial score (nSPS) is 17.6. The SMILES string of the molecule is O=c1c2snc(-c3ccccc3)c2ncn1CCOC1CCOC1. The number of rotatable bonds is 5. The molecular weight excluding hydrogens is 326 g/mol. The van der Waals surface area contributed by atoms with Gasteiger partial charge < -0.3 is 9.47 Å². The van der Waals surface area contributed by atoms with Gasteiger partial charge in [0.2, 0.25) is 0 Å². The van der Waals surface area contributed by atoms with Gasteiger partial charge >= 0.3 is 0 Å². The second-order valence-corrected chi connectivity index (χ2v) is 6.45. The van der Waals surface area contributed by atoms with Crippen LogP contribution in [0.2, 0.25) is 0 Å². The molecule has 6 nitrogen and oxygen atoms in total. The van der Waals surface area contributed by atoms with Crippen LogP contribution in [0.15, 0.2) is 41.5 Å². The first-order valence-corrected chi connectivity index (χ1v) is 8.70. The zero-order chi connectivity index (χ0) is 16.4. The fraction of sp³-hybridized carbons (Fsp3) is 0.353. The first-order valence-electron chi connectivity index (χ1n) is 7.92. The van der Waals surface area contributed by atoms with Gasteiger partial charge in [-0.3, -0.25) is 9.36 Å². The Hall–Kier alpha value is -2.09. The van der Waals surface area contributed by atoms with Gasteiger partial charge in [-0.25, -0.2) is 4.98 Å². The van der Waals surface area contributed by atoms with Crippen molar-refractivity contribution in [2.75, 3.05) is 19.8 Å². The van der Waals surface area contributed by atoms with Crippen molar-refractivity contribution in [2.45, 2.75) is 19.1 Å². The van der Waals surface area contributed by atoms with Gasteiger partial charge in [0.05, 0.1) is 32.2 Å². The third-order valence-corrected chi connectivity index (χ3v) is 4.89. The highest BCUT2D eigenvalue weighted by Crippen LogP contribution is 2.26. The highest BCUT2D eigenvalue weighted by atomic mass is 32.1. The molecule has 0 N–H and O–H groups in total. The molecule has 0 spiro atoms. The molecule has 0 amide bonds. The molecule has 0 bridgehead atoms. The van der Waals surface area contributed by atoms with E-state index in [1.807, 2.05) is 30.3 Å². The van der Waals surface area contributed by atoms with Gasteiger partial charge in [-0.05, 0) is 18.0 Å². The van der Waals surface area contributed by atoms with E-state index in [-0.39, 0.29) is 11.7 Å². The summed E-state index contributed by atoms with van der Waals surface area (Å²) in [5.41, 5.74) is 2.33. The van der Waals surface area contributed by atoms with E-state index < -0.39 is 0 Å². The van der Waals surface area contributed by atoms with E-state index in [0.29, 0.717) is 30.0 Å². The van der Waals surface area contributed by atoms with E-state index in [1.165, 1.54) is 11.5 Å². The van der Waals surface area contributed by atoms with E-state index in [0.717, 1.165) is 24.3 Å². The second-order valence-electron chi connectivity index (χ2n) is 5.67. The summed E-state index contributed by atoms with van der Waals surface area (Å²) in [6.07, 6.45) is 2.65. The Kier molecular flexibility index (Phi) is 4.38. The fourth-order valence-electron chi connectivity index (χ4n) is 2.76. The Morgan fingerprint density at radius 1 is 1.33 bits per heavy atom. The maximum atomic E-state index is 12.6. The van der Waals surface area contributed by atoms with Gasteiger partial charge in [-0.15, -0.1) is 0 Å². The summed E-state index contributed by atoms with van der Waals surface area (Å²) in [5.74, 6) is 0. The molecule has 124 valence electrons. The number of hydrogen-bond donors (Lipinski definition) is 0. The van der Waals surface area contributed by atoms with Crippen LogP contribution in [0.4, 0.5) is 0 Å². The third kappa shape index (κ3) is 2.98. The molecule has 1 aliphatic heterocycles. The second kappa shape index (κ2) is 6.80. The van der Waals surface area contributed by atoms with Crippen LogP contribution in [0.25, 0.3) is 21.5 Å². The highest BCUT2D eigenvalue weighted by molar-refractivity contribution is 7.13. The molecule has 0 saturated carbocycles. The molecule has 3 heterocycles. The molecule has 24 heavy (non-hydrogen) atoms. The van der Waals surface area contributed by atoms with Gasteiger partial charge in [0.15, 0.2) is 0 Å². The molecular formula is C17H17N3O3S. The molecule has 0 radical (unpaired) electrons. The summed E-state index contributed by atoms with van der Waals surface area (Å²) >= 11 is 1.20. The minimum atomic E-state index is -0.0639. The van der Waals surface area contributed by atoms with Crippen molar-refractivity contribution < 1.29 is 9.47 Å². The van der Waals surface area contributed by atoms with E-state index in [2.05, 4.69) is 9.36 Å². The number of ether oxygens (including phenoxy) is 2. The molecule has 1 aromatic carbocycles. The van der Waals surface area contributed by atoms with Crippen LogP contribution >= 0.6 is 11.5 Å². The topological polar surface area (TPSA) is 66.2 Å². The average Bonchev–Trinajstić information content (AvgIpc) is 3.27. The molecule has 1 unspecified atom stereocenters. The molecule has 3 aromatic rings. The zero-order valence-electron chi connectivity index (χ0n) is 13.1. The summed E-state index contributed by atoms with van der Waals surface area (Å²) in [6, 6.07) is 9.80. The number of benzene rings is 1. The standard InChI is InChI=1S/C17H17N3O3S/c21-17-16-15(14(19-24-16)12-4-2-1-3-5-12)18-11-20(17)7-9-23-13-6-8-22-10-13/h1-5,11,13H,6-10H2. The maximum Gasteiger partial charge on any atom is 0.273 e. The lowest BCUT2D eigenvalue weighted by Gasteiger charge is -2.10. The predicted octanol–water partition coefficient (Wildman–Crippen LogP) is 2.33. The Labute approximate surface area is 142 Å². The Balaban J connectivity index is 1.56. The summed E-state index contributed by atoms with van der Waals surface area (Å²) < 4.78 is 17.6. The number of hydrogen-bond acceptors (Lipinski definition) is 6. The Morgan fingerprint density at radius 2 is 2.21 bits per heavy atom. The van der Waals surface area contributed by atoms with E-state index in [4.69, 9.17) is 9.47 Å². The van der Waals surface area contributed by atoms with Gasteiger partial charge in [0.25, 0.3) is 5.56 Å². The van der Waals surface area contributed by atoms with Crippen LogP contribution in [0.5, 0.6) is 0 Å². The van der Waals surface area contributed by atoms with Crippen molar-refractivity contribution in [3.63, 3.8) is 0 Å². The molecule has 1 atom stereocenters. The smallest absolute Gasteiger partial charge is 0.273 e. The maximum absolute atomic E-state index is 12.6. The van der Waals surface area contributed by atoms with Gasteiger partial charge in [0.1, 0.15) is 15.9 Å². The molecule has 1 saturated heterocycles. The quantitative estimate of drug-likeness (QED) is 0.711. The Bertz CT molecular complexity index is 885. The molecule has 0 aliphatic carbocycles.